The van der Waals surface area contributed by atoms with Crippen molar-refractivity contribution in [3.8, 4) is 11.8 Å². The van der Waals surface area contributed by atoms with E-state index in [2.05, 4.69) is 46.4 Å². The molecule has 0 amide bonds. The van der Waals surface area contributed by atoms with Gasteiger partial charge in [-0.15, -0.1) is 5.10 Å². The Morgan fingerprint density at radius 2 is 2.00 bits per heavy atom. The van der Waals surface area contributed by atoms with E-state index in [1.165, 1.54) is 5.69 Å². The van der Waals surface area contributed by atoms with E-state index >= 15 is 0 Å². The number of ether oxygens (including phenoxy) is 1. The van der Waals surface area contributed by atoms with Gasteiger partial charge in [0.05, 0.1) is 0 Å². The molecular weight excluding hydrogens is 278 g/mol. The molecule has 0 unspecified atom stereocenters. The van der Waals surface area contributed by atoms with Crippen molar-refractivity contribution in [2.45, 2.75) is 26.8 Å². The van der Waals surface area contributed by atoms with Gasteiger partial charge in [-0.3, -0.25) is 4.57 Å². The number of aryl methyl sites for hydroxylation is 1. The second-order valence-corrected chi connectivity index (χ2v) is 5.33. The summed E-state index contributed by atoms with van der Waals surface area (Å²) in [6, 6.07) is 8.76. The Kier molecular flexibility index (Phi) is 4.58. The zero-order chi connectivity index (χ0) is 15.4. The highest BCUT2D eigenvalue weighted by atomic mass is 16.5. The van der Waals surface area contributed by atoms with Gasteiger partial charge in [0, 0.05) is 50.9 Å². The summed E-state index contributed by atoms with van der Waals surface area (Å²) < 4.78 is 7.97. The Morgan fingerprint density at radius 3 is 2.73 bits per heavy atom. The normalized spacial score (nSPS) is 15.1. The topological polar surface area (TPSA) is 55.2 Å². The molecule has 2 heterocycles. The molecule has 0 aliphatic carbocycles. The average Bonchev–Trinajstić information content (AvgIpc) is 2.97. The fourth-order valence-corrected chi connectivity index (χ4v) is 2.75. The van der Waals surface area contributed by atoms with Crippen molar-refractivity contribution in [2.75, 3.05) is 31.1 Å². The molecule has 6 heteroatoms. The number of hydrogen-bond donors (Lipinski definition) is 1. The van der Waals surface area contributed by atoms with Gasteiger partial charge in [0.25, 0.3) is 0 Å². The molecule has 0 bridgehead atoms. The number of aromatic nitrogens is 3. The van der Waals surface area contributed by atoms with Gasteiger partial charge in [-0.05, 0) is 19.1 Å². The Morgan fingerprint density at radius 1 is 1.18 bits per heavy atom. The van der Waals surface area contributed by atoms with Gasteiger partial charge in [0.15, 0.2) is 0 Å². The molecule has 1 fully saturated rings. The summed E-state index contributed by atoms with van der Waals surface area (Å²) in [7, 11) is 0. The van der Waals surface area contributed by atoms with Crippen molar-refractivity contribution in [1.29, 1.82) is 0 Å². The molecule has 1 N–H and O–H groups in total. The molecule has 2 aromatic rings. The summed E-state index contributed by atoms with van der Waals surface area (Å²) in [6.45, 7) is 9.05. The van der Waals surface area contributed by atoms with Crippen LogP contribution in [0, 0.1) is 0 Å². The van der Waals surface area contributed by atoms with Crippen LogP contribution in [-0.2, 0) is 13.0 Å². The third kappa shape index (κ3) is 3.06. The summed E-state index contributed by atoms with van der Waals surface area (Å²) in [5, 5.41) is 11.7. The van der Waals surface area contributed by atoms with Gasteiger partial charge in [0.2, 0.25) is 0 Å². The van der Waals surface area contributed by atoms with E-state index < -0.39 is 0 Å². The lowest BCUT2D eigenvalue weighted by atomic mass is 10.2. The molecule has 0 radical (unpaired) electrons. The van der Waals surface area contributed by atoms with Gasteiger partial charge < -0.3 is 15.0 Å². The lowest BCUT2D eigenvalue weighted by Gasteiger charge is -2.29. The molecule has 0 spiro atoms. The van der Waals surface area contributed by atoms with Crippen LogP contribution in [0.2, 0.25) is 0 Å². The number of piperazine rings is 1. The third-order valence-electron chi connectivity index (χ3n) is 3.93. The minimum Gasteiger partial charge on any atom is -0.424 e. The first-order valence-corrected chi connectivity index (χ1v) is 7.97. The second-order valence-electron chi connectivity index (χ2n) is 5.33. The summed E-state index contributed by atoms with van der Waals surface area (Å²) >= 11 is 0. The van der Waals surface area contributed by atoms with Crippen molar-refractivity contribution < 1.29 is 4.74 Å². The molecular formula is C16H23N5O. The lowest BCUT2D eigenvalue weighted by molar-refractivity contribution is 0.411. The first-order valence-electron chi connectivity index (χ1n) is 7.97. The fourth-order valence-electron chi connectivity index (χ4n) is 2.75. The molecule has 1 aromatic carbocycles. The van der Waals surface area contributed by atoms with E-state index in [4.69, 9.17) is 4.74 Å². The Bertz CT molecular complexity index is 619. The predicted octanol–water partition coefficient (Wildman–Crippen LogP) is 2.06. The molecule has 118 valence electrons. The second kappa shape index (κ2) is 6.79. The molecule has 0 saturated carbocycles. The van der Waals surface area contributed by atoms with Crippen LogP contribution in [0.5, 0.6) is 11.8 Å². The van der Waals surface area contributed by atoms with Crippen molar-refractivity contribution in [3.63, 3.8) is 0 Å². The molecule has 3 rings (SSSR count). The largest absolute Gasteiger partial charge is 0.424 e. The van der Waals surface area contributed by atoms with Gasteiger partial charge in [-0.25, -0.2) is 0 Å². The zero-order valence-electron chi connectivity index (χ0n) is 13.2. The molecule has 1 aliphatic rings. The van der Waals surface area contributed by atoms with Crippen molar-refractivity contribution in [2.24, 2.45) is 0 Å². The van der Waals surface area contributed by atoms with Crippen molar-refractivity contribution in [1.82, 2.24) is 20.1 Å². The number of hydrogen-bond acceptors (Lipinski definition) is 5. The molecule has 1 aromatic heterocycles. The quantitative estimate of drug-likeness (QED) is 0.916. The number of nitrogens with one attached hydrogen (secondary N) is 1. The van der Waals surface area contributed by atoms with E-state index in [1.54, 1.807) is 0 Å². The highest BCUT2D eigenvalue weighted by Crippen LogP contribution is 2.25. The molecule has 6 nitrogen and oxygen atoms in total. The number of benzene rings is 1. The predicted molar refractivity (Wildman–Crippen MR) is 86.7 cm³/mol. The monoisotopic (exact) mass is 301 g/mol. The maximum absolute atomic E-state index is 5.96. The lowest BCUT2D eigenvalue weighted by Crippen LogP contribution is -2.43. The van der Waals surface area contributed by atoms with E-state index in [1.807, 2.05) is 16.7 Å². The fraction of sp³-hybridized carbons (Fsp3) is 0.500. The maximum Gasteiger partial charge on any atom is 0.322 e. The van der Waals surface area contributed by atoms with Crippen molar-refractivity contribution >= 4 is 5.69 Å². The van der Waals surface area contributed by atoms with Crippen molar-refractivity contribution in [3.05, 3.63) is 30.1 Å². The van der Waals surface area contributed by atoms with Crippen LogP contribution in [0.3, 0.4) is 0 Å². The maximum atomic E-state index is 5.96. The molecule has 0 atom stereocenters. The Hall–Kier alpha value is -2.08. The van der Waals surface area contributed by atoms with E-state index in [-0.39, 0.29) is 0 Å². The Balaban J connectivity index is 1.79. The zero-order valence-corrected chi connectivity index (χ0v) is 13.2. The van der Waals surface area contributed by atoms with E-state index in [0.29, 0.717) is 6.01 Å². The molecule has 22 heavy (non-hydrogen) atoms. The van der Waals surface area contributed by atoms with Crippen LogP contribution in [0.4, 0.5) is 5.69 Å². The first kappa shape index (κ1) is 14.8. The highest BCUT2D eigenvalue weighted by Gasteiger charge is 2.14. The summed E-state index contributed by atoms with van der Waals surface area (Å²) in [5.41, 5.74) is 1.19. The first-order chi connectivity index (χ1) is 10.8. The third-order valence-corrected chi connectivity index (χ3v) is 3.93. The van der Waals surface area contributed by atoms with Crippen LogP contribution in [0.15, 0.2) is 24.3 Å². The Labute approximate surface area is 131 Å². The minimum atomic E-state index is 0.566. The van der Waals surface area contributed by atoms with Gasteiger partial charge in [0.1, 0.15) is 11.6 Å². The highest BCUT2D eigenvalue weighted by molar-refractivity contribution is 5.51. The van der Waals surface area contributed by atoms with Gasteiger partial charge in [-0.1, -0.05) is 18.1 Å². The standard InChI is InChI=1S/C16H23N5O/c1-3-15-18-19-16(21(15)4-2)22-14-7-5-6-13(12-14)20-10-8-17-9-11-20/h5-7,12,17H,3-4,8-11H2,1-2H3. The number of rotatable bonds is 5. The average molecular weight is 301 g/mol. The van der Waals surface area contributed by atoms with Gasteiger partial charge >= 0.3 is 6.01 Å². The van der Waals surface area contributed by atoms with Crippen LogP contribution >= 0.6 is 0 Å². The summed E-state index contributed by atoms with van der Waals surface area (Å²) in [4.78, 5) is 2.37. The summed E-state index contributed by atoms with van der Waals surface area (Å²) in [6.07, 6.45) is 0.852. The van der Waals surface area contributed by atoms with Crippen LogP contribution in [0.25, 0.3) is 0 Å². The smallest absolute Gasteiger partial charge is 0.322 e. The SMILES string of the molecule is CCc1nnc(Oc2cccc(N3CCNCC3)c2)n1CC. The van der Waals surface area contributed by atoms with Gasteiger partial charge in [-0.2, -0.15) is 0 Å². The number of anilines is 1. The molecule has 1 aliphatic heterocycles. The van der Waals surface area contributed by atoms with Crippen LogP contribution in [0.1, 0.15) is 19.7 Å². The van der Waals surface area contributed by atoms with E-state index in [0.717, 1.165) is 50.7 Å². The molecule has 1 saturated heterocycles. The van der Waals surface area contributed by atoms with E-state index in [9.17, 15) is 0 Å². The number of nitrogens with zero attached hydrogens (tertiary/aromatic N) is 4. The van der Waals surface area contributed by atoms with Crippen LogP contribution < -0.4 is 15.0 Å². The summed E-state index contributed by atoms with van der Waals surface area (Å²) in [5.74, 6) is 1.76. The minimum absolute atomic E-state index is 0.566. The van der Waals surface area contributed by atoms with Crippen LogP contribution in [-0.4, -0.2) is 40.9 Å².